The van der Waals surface area contributed by atoms with Gasteiger partial charge >= 0.3 is 0 Å². The van der Waals surface area contributed by atoms with Gasteiger partial charge in [-0.05, 0) is 42.3 Å². The number of amides is 1. The molecule has 0 bridgehead atoms. The maximum absolute atomic E-state index is 12.4. The van der Waals surface area contributed by atoms with Crippen LogP contribution in [0.2, 0.25) is 0 Å². The minimum atomic E-state index is -3.24. The van der Waals surface area contributed by atoms with Crippen LogP contribution in [0.3, 0.4) is 0 Å². The number of carbonyl (C=O) groups excluding carboxylic acids is 1. The van der Waals surface area contributed by atoms with Crippen LogP contribution in [-0.2, 0) is 16.4 Å². The van der Waals surface area contributed by atoms with Gasteiger partial charge < -0.3 is 4.90 Å². The zero-order valence-corrected chi connectivity index (χ0v) is 13.7. The molecule has 0 N–H and O–H groups in total. The van der Waals surface area contributed by atoms with Crippen LogP contribution in [0.1, 0.15) is 21.5 Å². The summed E-state index contributed by atoms with van der Waals surface area (Å²) in [5, 5.41) is 0. The van der Waals surface area contributed by atoms with Gasteiger partial charge in [0.05, 0.1) is 4.90 Å². The molecule has 2 aromatic rings. The summed E-state index contributed by atoms with van der Waals surface area (Å²) in [6.45, 7) is 2.52. The predicted octanol–water partition coefficient (Wildman–Crippen LogP) is 2.67. The summed E-state index contributed by atoms with van der Waals surface area (Å²) in [7, 11) is -1.51. The number of sulfone groups is 1. The summed E-state index contributed by atoms with van der Waals surface area (Å²) in [5.74, 6) is -0.136. The molecule has 0 fully saturated rings. The molecule has 0 spiro atoms. The predicted molar refractivity (Wildman–Crippen MR) is 86.5 cm³/mol. The third-order valence-corrected chi connectivity index (χ3v) is 4.67. The van der Waals surface area contributed by atoms with Gasteiger partial charge in [-0.15, -0.1) is 0 Å². The third kappa shape index (κ3) is 3.74. The van der Waals surface area contributed by atoms with Crippen molar-refractivity contribution in [2.45, 2.75) is 18.4 Å². The van der Waals surface area contributed by atoms with Crippen LogP contribution in [0.25, 0.3) is 0 Å². The smallest absolute Gasteiger partial charge is 0.253 e. The van der Waals surface area contributed by atoms with Gasteiger partial charge in [0.25, 0.3) is 5.91 Å². The first-order valence-electron chi connectivity index (χ1n) is 6.89. The summed E-state index contributed by atoms with van der Waals surface area (Å²) in [6, 6.07) is 13.9. The molecule has 0 aromatic heterocycles. The van der Waals surface area contributed by atoms with Gasteiger partial charge in [0.15, 0.2) is 9.84 Å². The maximum atomic E-state index is 12.4. The van der Waals surface area contributed by atoms with Crippen LogP contribution in [-0.4, -0.2) is 32.5 Å². The third-order valence-electron chi connectivity index (χ3n) is 3.54. The van der Waals surface area contributed by atoms with Crippen molar-refractivity contribution < 1.29 is 13.2 Å². The van der Waals surface area contributed by atoms with Crippen molar-refractivity contribution in [2.75, 3.05) is 13.3 Å². The second kappa shape index (κ2) is 6.32. The second-order valence-corrected chi connectivity index (χ2v) is 7.40. The lowest BCUT2D eigenvalue weighted by Gasteiger charge is -2.18. The quantitative estimate of drug-likeness (QED) is 0.871. The van der Waals surface area contributed by atoms with E-state index in [1.165, 1.54) is 12.1 Å². The Kier molecular flexibility index (Phi) is 4.66. The molecule has 0 saturated heterocycles. The van der Waals surface area contributed by atoms with Gasteiger partial charge in [-0.1, -0.05) is 24.3 Å². The van der Waals surface area contributed by atoms with E-state index in [9.17, 15) is 13.2 Å². The lowest BCUT2D eigenvalue weighted by atomic mass is 10.1. The fourth-order valence-electron chi connectivity index (χ4n) is 2.18. The molecule has 0 aliphatic heterocycles. The number of hydrogen-bond donors (Lipinski definition) is 0. The molecule has 0 unspecified atom stereocenters. The Morgan fingerprint density at radius 2 is 1.64 bits per heavy atom. The van der Waals surface area contributed by atoms with Crippen molar-refractivity contribution >= 4 is 15.7 Å². The zero-order chi connectivity index (χ0) is 16.3. The van der Waals surface area contributed by atoms with Gasteiger partial charge in [-0.2, -0.15) is 0 Å². The van der Waals surface area contributed by atoms with Gasteiger partial charge in [0, 0.05) is 25.4 Å². The van der Waals surface area contributed by atoms with E-state index >= 15 is 0 Å². The van der Waals surface area contributed by atoms with Crippen molar-refractivity contribution in [3.63, 3.8) is 0 Å². The first-order chi connectivity index (χ1) is 10.3. The van der Waals surface area contributed by atoms with Gasteiger partial charge in [0.1, 0.15) is 0 Å². The minimum absolute atomic E-state index is 0.136. The van der Waals surface area contributed by atoms with E-state index in [-0.39, 0.29) is 10.8 Å². The molecule has 4 nitrogen and oxygen atoms in total. The molecule has 0 heterocycles. The number of nitrogens with zero attached hydrogens (tertiary/aromatic N) is 1. The standard InChI is InChI=1S/C17H19NO3S/c1-13-6-4-5-7-15(13)12-18(2)17(19)14-8-10-16(11-9-14)22(3,20)21/h4-11H,12H2,1-3H3. The lowest BCUT2D eigenvalue weighted by molar-refractivity contribution is 0.0785. The summed E-state index contributed by atoms with van der Waals surface area (Å²) < 4.78 is 22.9. The Morgan fingerprint density at radius 3 is 2.18 bits per heavy atom. The number of rotatable bonds is 4. The summed E-state index contributed by atoms with van der Waals surface area (Å²) >= 11 is 0. The number of hydrogen-bond acceptors (Lipinski definition) is 3. The second-order valence-electron chi connectivity index (χ2n) is 5.38. The maximum Gasteiger partial charge on any atom is 0.253 e. The first kappa shape index (κ1) is 16.2. The molecule has 5 heteroatoms. The van der Waals surface area contributed by atoms with E-state index in [1.54, 1.807) is 24.1 Å². The van der Waals surface area contributed by atoms with Crippen LogP contribution >= 0.6 is 0 Å². The summed E-state index contributed by atoms with van der Waals surface area (Å²) in [6.07, 6.45) is 1.15. The molecule has 0 aliphatic carbocycles. The van der Waals surface area contributed by atoms with E-state index in [0.29, 0.717) is 12.1 Å². The highest BCUT2D eigenvalue weighted by Gasteiger charge is 2.14. The summed E-state index contributed by atoms with van der Waals surface area (Å²) in [4.78, 5) is 14.2. The Morgan fingerprint density at radius 1 is 1.05 bits per heavy atom. The SMILES string of the molecule is Cc1ccccc1CN(C)C(=O)c1ccc(S(C)(=O)=O)cc1. The van der Waals surface area contributed by atoms with Gasteiger partial charge in [0.2, 0.25) is 0 Å². The van der Waals surface area contributed by atoms with Crippen molar-refractivity contribution in [1.82, 2.24) is 4.90 Å². The molecule has 1 amide bonds. The molecule has 0 aliphatic rings. The van der Waals surface area contributed by atoms with E-state index < -0.39 is 9.84 Å². The fraction of sp³-hybridized carbons (Fsp3) is 0.235. The number of carbonyl (C=O) groups is 1. The normalized spacial score (nSPS) is 11.2. The molecule has 0 saturated carbocycles. The first-order valence-corrected chi connectivity index (χ1v) is 8.78. The molecular formula is C17H19NO3S. The Bertz CT molecular complexity index is 780. The summed E-state index contributed by atoms with van der Waals surface area (Å²) in [5.41, 5.74) is 2.70. The van der Waals surface area contributed by atoms with Crippen LogP contribution < -0.4 is 0 Å². The van der Waals surface area contributed by atoms with E-state index in [2.05, 4.69) is 0 Å². The number of aryl methyl sites for hydroxylation is 1. The fourth-order valence-corrected chi connectivity index (χ4v) is 2.81. The Labute approximate surface area is 131 Å². The highest BCUT2D eigenvalue weighted by molar-refractivity contribution is 7.90. The van der Waals surface area contributed by atoms with E-state index in [0.717, 1.165) is 17.4 Å². The zero-order valence-electron chi connectivity index (χ0n) is 12.9. The molecule has 2 rings (SSSR count). The monoisotopic (exact) mass is 317 g/mol. The molecule has 22 heavy (non-hydrogen) atoms. The Hall–Kier alpha value is -2.14. The average molecular weight is 317 g/mol. The molecule has 0 atom stereocenters. The minimum Gasteiger partial charge on any atom is -0.337 e. The lowest BCUT2D eigenvalue weighted by Crippen LogP contribution is -2.26. The highest BCUT2D eigenvalue weighted by Crippen LogP contribution is 2.14. The molecular weight excluding hydrogens is 298 g/mol. The van der Waals surface area contributed by atoms with Gasteiger partial charge in [-0.25, -0.2) is 8.42 Å². The molecule has 116 valence electrons. The van der Waals surface area contributed by atoms with Crippen LogP contribution in [0.4, 0.5) is 0 Å². The van der Waals surface area contributed by atoms with Crippen molar-refractivity contribution in [2.24, 2.45) is 0 Å². The van der Waals surface area contributed by atoms with Crippen LogP contribution in [0, 0.1) is 6.92 Å². The topological polar surface area (TPSA) is 54.5 Å². The Balaban J connectivity index is 2.16. The van der Waals surface area contributed by atoms with Crippen molar-refractivity contribution in [1.29, 1.82) is 0 Å². The van der Waals surface area contributed by atoms with Crippen LogP contribution in [0.15, 0.2) is 53.4 Å². The molecule has 0 radical (unpaired) electrons. The van der Waals surface area contributed by atoms with Crippen molar-refractivity contribution in [3.05, 3.63) is 65.2 Å². The van der Waals surface area contributed by atoms with Crippen molar-refractivity contribution in [3.8, 4) is 0 Å². The van der Waals surface area contributed by atoms with E-state index in [4.69, 9.17) is 0 Å². The average Bonchev–Trinajstić information content (AvgIpc) is 2.48. The van der Waals surface area contributed by atoms with Crippen LogP contribution in [0.5, 0.6) is 0 Å². The van der Waals surface area contributed by atoms with Gasteiger partial charge in [-0.3, -0.25) is 4.79 Å². The number of benzene rings is 2. The van der Waals surface area contributed by atoms with E-state index in [1.807, 2.05) is 31.2 Å². The largest absolute Gasteiger partial charge is 0.337 e. The molecule has 2 aromatic carbocycles. The highest BCUT2D eigenvalue weighted by atomic mass is 32.2.